The number of methoxy groups -OCH3 is 1. The lowest BCUT2D eigenvalue weighted by Gasteiger charge is -2.44. The molecule has 2 amide bonds. The van der Waals surface area contributed by atoms with E-state index in [-0.39, 0.29) is 36.8 Å². The van der Waals surface area contributed by atoms with Gasteiger partial charge in [0.05, 0.1) is 19.3 Å². The molecule has 5 rings (SSSR count). The van der Waals surface area contributed by atoms with Gasteiger partial charge in [-0.25, -0.2) is 0 Å². The van der Waals surface area contributed by atoms with Gasteiger partial charge in [-0.1, -0.05) is 18.2 Å². The van der Waals surface area contributed by atoms with E-state index in [2.05, 4.69) is 0 Å². The van der Waals surface area contributed by atoms with Crippen molar-refractivity contribution in [2.45, 2.75) is 70.1 Å². The third-order valence-corrected chi connectivity index (χ3v) is 8.32. The Morgan fingerprint density at radius 1 is 0.952 bits per heavy atom. The van der Waals surface area contributed by atoms with Gasteiger partial charge in [-0.2, -0.15) is 0 Å². The van der Waals surface area contributed by atoms with Gasteiger partial charge >= 0.3 is 5.97 Å². The molecule has 3 aliphatic rings. The molecule has 11 nitrogen and oxygen atoms in total. The zero-order valence-corrected chi connectivity index (χ0v) is 23.9. The molecule has 2 N–H and O–H groups in total. The minimum atomic E-state index is -1.00. The van der Waals surface area contributed by atoms with Crippen LogP contribution in [-0.2, 0) is 20.9 Å². The molecule has 226 valence electrons. The lowest BCUT2D eigenvalue weighted by molar-refractivity contribution is -0.137. The van der Waals surface area contributed by atoms with Crippen molar-refractivity contribution >= 4 is 23.5 Å². The number of benzene rings is 2. The monoisotopic (exact) mass is 581 g/mol. The van der Waals surface area contributed by atoms with Gasteiger partial charge in [0.15, 0.2) is 0 Å². The van der Waals surface area contributed by atoms with E-state index in [0.717, 1.165) is 11.3 Å². The molecule has 3 aliphatic heterocycles. The summed E-state index contributed by atoms with van der Waals surface area (Å²) in [7, 11) is 1.53. The maximum atomic E-state index is 13.5. The number of para-hydroxylation sites is 1. The van der Waals surface area contributed by atoms with Crippen molar-refractivity contribution in [1.29, 1.82) is 0 Å². The number of nitrogens with zero attached hydrogens (tertiary/aromatic N) is 3. The molecule has 0 saturated carbocycles. The summed E-state index contributed by atoms with van der Waals surface area (Å²) in [5.41, 5.74) is 2.49. The van der Waals surface area contributed by atoms with Gasteiger partial charge in [-0.15, -0.1) is 0 Å². The number of rotatable bonds is 9. The second-order valence-electron chi connectivity index (χ2n) is 11.0. The average Bonchev–Trinajstić information content (AvgIpc) is 3.01. The molecule has 2 saturated heterocycles. The molecule has 2 aromatic carbocycles. The SMILES string of the molecule is COc1cc(OC2CCN(C(=O)CCCC(=O)O)CC2)ccc1C(=O)N1CCC(N2c3ccccc3COC2O)CC1. The molecular weight excluding hydrogens is 542 g/mol. The second kappa shape index (κ2) is 13.4. The van der Waals surface area contributed by atoms with E-state index in [4.69, 9.17) is 19.3 Å². The number of likely N-dealkylation sites (tertiary alicyclic amines) is 2. The van der Waals surface area contributed by atoms with Crippen molar-refractivity contribution in [3.05, 3.63) is 53.6 Å². The number of aliphatic carboxylic acids is 1. The van der Waals surface area contributed by atoms with Gasteiger partial charge in [0.25, 0.3) is 5.91 Å². The molecule has 0 aromatic heterocycles. The zero-order chi connectivity index (χ0) is 29.6. The van der Waals surface area contributed by atoms with Gasteiger partial charge in [0.1, 0.15) is 17.6 Å². The van der Waals surface area contributed by atoms with Gasteiger partial charge in [0, 0.05) is 75.2 Å². The van der Waals surface area contributed by atoms with Crippen molar-refractivity contribution in [2.24, 2.45) is 0 Å². The number of hydrogen-bond donors (Lipinski definition) is 2. The summed E-state index contributed by atoms with van der Waals surface area (Å²) < 4.78 is 17.3. The fourth-order valence-corrected chi connectivity index (χ4v) is 6.03. The Morgan fingerprint density at radius 3 is 2.38 bits per heavy atom. The second-order valence-corrected chi connectivity index (χ2v) is 11.0. The first-order valence-corrected chi connectivity index (χ1v) is 14.6. The minimum Gasteiger partial charge on any atom is -0.496 e. The van der Waals surface area contributed by atoms with Crippen molar-refractivity contribution < 1.29 is 38.8 Å². The summed E-state index contributed by atoms with van der Waals surface area (Å²) in [5, 5.41) is 19.3. The van der Waals surface area contributed by atoms with E-state index in [0.29, 0.717) is 82.0 Å². The predicted octanol–water partition coefficient (Wildman–Crippen LogP) is 3.24. The first kappa shape index (κ1) is 29.7. The molecule has 0 aliphatic carbocycles. The van der Waals surface area contributed by atoms with Crippen molar-refractivity contribution in [3.63, 3.8) is 0 Å². The van der Waals surface area contributed by atoms with Crippen LogP contribution in [0.4, 0.5) is 5.69 Å². The standard InChI is InChI=1S/C31H39N3O8/c1-40-27-19-24(42-23-13-17-32(18-14-23)28(35)7-4-8-29(36)37)9-10-25(27)30(38)33-15-11-22(12-16-33)34-26-6-3-2-5-21(26)20-41-31(34)39/h2-3,5-6,9-10,19,22-23,31,39H,4,7-8,11-18,20H2,1H3,(H,36,37). The van der Waals surface area contributed by atoms with E-state index in [1.54, 1.807) is 23.1 Å². The highest BCUT2D eigenvalue weighted by molar-refractivity contribution is 5.97. The average molecular weight is 582 g/mol. The maximum Gasteiger partial charge on any atom is 0.303 e. The predicted molar refractivity (Wildman–Crippen MR) is 153 cm³/mol. The summed E-state index contributed by atoms with van der Waals surface area (Å²) >= 11 is 0. The van der Waals surface area contributed by atoms with Crippen LogP contribution in [0.1, 0.15) is 60.9 Å². The third kappa shape index (κ3) is 6.79. The fraction of sp³-hybridized carbons (Fsp3) is 0.516. The van der Waals surface area contributed by atoms with Crippen LogP contribution in [0.3, 0.4) is 0 Å². The first-order valence-electron chi connectivity index (χ1n) is 14.6. The van der Waals surface area contributed by atoms with E-state index >= 15 is 0 Å². The number of carbonyl (C=O) groups is 3. The lowest BCUT2D eigenvalue weighted by atomic mass is 9.99. The van der Waals surface area contributed by atoms with E-state index in [1.807, 2.05) is 34.1 Å². The number of carbonyl (C=O) groups excluding carboxylic acids is 2. The van der Waals surface area contributed by atoms with Gasteiger partial charge in [0.2, 0.25) is 12.3 Å². The van der Waals surface area contributed by atoms with Gasteiger partial charge in [-0.05, 0) is 37.5 Å². The summed E-state index contributed by atoms with van der Waals surface area (Å²) in [6, 6.07) is 13.2. The minimum absolute atomic E-state index is 0.00286. The van der Waals surface area contributed by atoms with Crippen LogP contribution in [0.25, 0.3) is 0 Å². The third-order valence-electron chi connectivity index (χ3n) is 8.32. The molecule has 0 bridgehead atoms. The number of amides is 2. The smallest absolute Gasteiger partial charge is 0.303 e. The number of aliphatic hydroxyl groups excluding tert-OH is 1. The van der Waals surface area contributed by atoms with Crippen molar-refractivity contribution in [3.8, 4) is 11.5 Å². The number of hydrogen-bond acceptors (Lipinski definition) is 8. The quantitative estimate of drug-likeness (QED) is 0.459. The Labute approximate surface area is 245 Å². The highest BCUT2D eigenvalue weighted by atomic mass is 16.6. The summed E-state index contributed by atoms with van der Waals surface area (Å²) in [6.45, 7) is 2.59. The number of aliphatic hydroxyl groups is 1. The molecular formula is C31H39N3O8. The number of piperidine rings is 2. The number of anilines is 1. The Bertz CT molecular complexity index is 1270. The molecule has 42 heavy (non-hydrogen) atoms. The molecule has 0 spiro atoms. The van der Waals surface area contributed by atoms with Crippen LogP contribution in [0, 0.1) is 0 Å². The molecule has 2 aromatic rings. The molecule has 2 fully saturated rings. The van der Waals surface area contributed by atoms with Gasteiger partial charge in [-0.3, -0.25) is 14.4 Å². The Balaban J connectivity index is 1.14. The Hall–Kier alpha value is -3.83. The summed E-state index contributed by atoms with van der Waals surface area (Å²) in [6.07, 6.45) is 2.25. The van der Waals surface area contributed by atoms with Crippen molar-refractivity contribution in [2.75, 3.05) is 38.2 Å². The fourth-order valence-electron chi connectivity index (χ4n) is 6.03. The van der Waals surface area contributed by atoms with E-state index in [9.17, 15) is 19.5 Å². The number of carboxylic acid groups (broad SMARTS) is 1. The summed E-state index contributed by atoms with van der Waals surface area (Å²) in [5.74, 6) is 0.0275. The van der Waals surface area contributed by atoms with E-state index < -0.39 is 12.4 Å². The maximum absolute atomic E-state index is 13.5. The largest absolute Gasteiger partial charge is 0.496 e. The van der Waals surface area contributed by atoms with Crippen LogP contribution in [0.2, 0.25) is 0 Å². The highest BCUT2D eigenvalue weighted by Crippen LogP contribution is 2.34. The number of ether oxygens (including phenoxy) is 3. The van der Waals surface area contributed by atoms with Gasteiger partial charge < -0.3 is 39.1 Å². The Kier molecular flexibility index (Phi) is 9.48. The van der Waals surface area contributed by atoms with Crippen LogP contribution in [0.5, 0.6) is 11.5 Å². The molecule has 0 radical (unpaired) electrons. The lowest BCUT2D eigenvalue weighted by Crippen LogP contribution is -2.52. The van der Waals surface area contributed by atoms with E-state index in [1.165, 1.54) is 7.11 Å². The van der Waals surface area contributed by atoms with Crippen LogP contribution >= 0.6 is 0 Å². The Morgan fingerprint density at radius 2 is 1.67 bits per heavy atom. The highest BCUT2D eigenvalue weighted by Gasteiger charge is 2.35. The molecule has 1 unspecified atom stereocenters. The van der Waals surface area contributed by atoms with Crippen LogP contribution in [0.15, 0.2) is 42.5 Å². The number of carboxylic acids is 1. The molecule has 11 heteroatoms. The topological polar surface area (TPSA) is 129 Å². The normalized spacial score (nSPS) is 19.8. The first-order chi connectivity index (χ1) is 20.3. The van der Waals surface area contributed by atoms with Crippen LogP contribution < -0.4 is 14.4 Å². The van der Waals surface area contributed by atoms with Crippen LogP contribution in [-0.4, -0.2) is 89.6 Å². The number of fused-ring (bicyclic) bond motifs is 1. The molecule has 1 atom stereocenters. The van der Waals surface area contributed by atoms with Crippen molar-refractivity contribution in [1.82, 2.24) is 9.80 Å². The summed E-state index contributed by atoms with van der Waals surface area (Å²) in [4.78, 5) is 42.0. The molecule has 3 heterocycles. The zero-order valence-electron chi connectivity index (χ0n) is 23.9.